The maximum Gasteiger partial charge on any atom is 0.270 e. The van der Waals surface area contributed by atoms with Crippen LogP contribution in [0, 0.1) is 0 Å². The highest BCUT2D eigenvalue weighted by Gasteiger charge is 2.46. The van der Waals surface area contributed by atoms with Crippen LogP contribution in [0.25, 0.3) is 83.6 Å². The minimum absolute atomic E-state index is 0.214. The molecule has 0 amide bonds. The summed E-state index contributed by atoms with van der Waals surface area (Å²) in [6, 6.07) is 78.9. The van der Waals surface area contributed by atoms with Gasteiger partial charge in [0, 0.05) is 44.1 Å². The molecular formula is C57H38N5OP. The van der Waals surface area contributed by atoms with E-state index in [0.717, 1.165) is 83.4 Å². The van der Waals surface area contributed by atoms with E-state index in [9.17, 15) is 0 Å². The average Bonchev–Trinajstić information content (AvgIpc) is 3.70. The molecule has 9 aromatic carbocycles. The van der Waals surface area contributed by atoms with Crippen LogP contribution in [0.2, 0.25) is 0 Å². The van der Waals surface area contributed by atoms with Gasteiger partial charge in [-0.25, -0.2) is 15.0 Å². The van der Waals surface area contributed by atoms with Crippen molar-refractivity contribution in [2.45, 2.75) is 0 Å². The molecule has 1 aliphatic rings. The van der Waals surface area contributed by atoms with Crippen molar-refractivity contribution in [2.75, 3.05) is 4.67 Å². The van der Waals surface area contributed by atoms with E-state index in [2.05, 4.69) is 126 Å². The van der Waals surface area contributed by atoms with E-state index in [1.54, 1.807) is 0 Å². The number of hydrogen-bond acceptors (Lipinski definition) is 4. The zero-order chi connectivity index (χ0) is 42.6. The van der Waals surface area contributed by atoms with Crippen molar-refractivity contribution in [1.29, 1.82) is 0 Å². The first-order valence-electron chi connectivity index (χ1n) is 21.4. The summed E-state index contributed by atoms with van der Waals surface area (Å²) >= 11 is 0. The molecule has 0 saturated heterocycles. The van der Waals surface area contributed by atoms with Gasteiger partial charge in [-0.15, -0.1) is 0 Å². The molecule has 0 aliphatic carbocycles. The molecule has 0 saturated carbocycles. The van der Waals surface area contributed by atoms with Crippen molar-refractivity contribution in [2.24, 2.45) is 0 Å². The Morgan fingerprint density at radius 3 is 1.45 bits per heavy atom. The van der Waals surface area contributed by atoms with Crippen molar-refractivity contribution in [3.8, 4) is 61.8 Å². The molecule has 12 rings (SSSR count). The zero-order valence-electron chi connectivity index (χ0n) is 34.5. The number of aromatic nitrogens is 4. The van der Waals surface area contributed by atoms with Crippen molar-refractivity contribution in [3.63, 3.8) is 0 Å². The smallest absolute Gasteiger partial charge is 0.270 e. The van der Waals surface area contributed by atoms with Crippen molar-refractivity contribution < 1.29 is 4.57 Å². The third-order valence-corrected chi connectivity index (χ3v) is 15.0. The summed E-state index contributed by atoms with van der Waals surface area (Å²) < 4.78 is 21.5. The first-order chi connectivity index (χ1) is 31.6. The second-order valence-corrected chi connectivity index (χ2v) is 18.4. The van der Waals surface area contributed by atoms with Gasteiger partial charge in [-0.2, -0.15) is 0 Å². The molecule has 0 radical (unpaired) electrons. The molecule has 1 aliphatic heterocycles. The lowest BCUT2D eigenvalue weighted by molar-refractivity contribution is 0.585. The summed E-state index contributed by atoms with van der Waals surface area (Å²) in [5.41, 5.74) is 12.8. The lowest BCUT2D eigenvalue weighted by atomic mass is 9.97. The number of fused-ring (bicyclic) bond motifs is 6. The standard InChI is InChI=1S/C57H38N5OP/c63-64(57-59-55(41-24-10-3-11-25-41)58-56(60-57)42-26-12-4-13-27-42)54-33-19-17-31-48(54)50-37-49-47-30-16-18-32-51(47)61(52(49)38-53(50)62(64)45-28-14-5-15-29-45)46-35-43(39-20-6-1-7-21-39)34-44(36-46)40-22-8-2-9-23-40/h1-38H. The monoisotopic (exact) mass is 839 g/mol. The Hall–Kier alpha value is -8.18. The molecule has 2 aromatic heterocycles. The predicted molar refractivity (Wildman–Crippen MR) is 263 cm³/mol. The lowest BCUT2D eigenvalue weighted by Crippen LogP contribution is -2.37. The normalized spacial score (nSPS) is 14.3. The van der Waals surface area contributed by atoms with Gasteiger partial charge in [-0.1, -0.05) is 176 Å². The number of anilines is 2. The summed E-state index contributed by atoms with van der Waals surface area (Å²) in [5, 5.41) is 2.89. The Bertz CT molecular complexity index is 3460. The highest BCUT2D eigenvalue weighted by Crippen LogP contribution is 2.61. The SMILES string of the molecule is O=P1(c2nc(-c3ccccc3)nc(-c3ccccc3)n2)c2ccccc2-c2cc3c4ccccc4n(-c4cc(-c5ccccc5)cc(-c5ccccc5)c4)c3cc2N1c1ccccc1. The molecule has 3 heterocycles. The van der Waals surface area contributed by atoms with Crippen LogP contribution in [0.1, 0.15) is 0 Å². The third kappa shape index (κ3) is 6.18. The minimum Gasteiger partial charge on any atom is -0.309 e. The molecule has 302 valence electrons. The van der Waals surface area contributed by atoms with Crippen molar-refractivity contribution >= 4 is 51.3 Å². The van der Waals surface area contributed by atoms with Gasteiger partial charge in [0.2, 0.25) is 5.57 Å². The highest BCUT2D eigenvalue weighted by molar-refractivity contribution is 7.80. The maximum atomic E-state index is 17.2. The second-order valence-electron chi connectivity index (χ2n) is 16.0. The van der Waals surface area contributed by atoms with Crippen LogP contribution in [-0.2, 0) is 4.57 Å². The summed E-state index contributed by atoms with van der Waals surface area (Å²) in [7, 11) is -3.95. The van der Waals surface area contributed by atoms with Crippen LogP contribution in [0.3, 0.4) is 0 Å². The van der Waals surface area contributed by atoms with E-state index < -0.39 is 7.29 Å². The zero-order valence-corrected chi connectivity index (χ0v) is 35.4. The average molecular weight is 840 g/mol. The molecule has 1 unspecified atom stereocenters. The van der Waals surface area contributed by atoms with Crippen molar-refractivity contribution in [3.05, 3.63) is 231 Å². The molecule has 1 atom stereocenters. The second kappa shape index (κ2) is 15.3. The van der Waals surface area contributed by atoms with E-state index in [4.69, 9.17) is 15.0 Å². The molecule has 64 heavy (non-hydrogen) atoms. The number of hydrogen-bond donors (Lipinski definition) is 0. The van der Waals surface area contributed by atoms with Gasteiger partial charge in [0.05, 0.1) is 16.7 Å². The quantitative estimate of drug-likeness (QED) is 0.150. The summed E-state index contributed by atoms with van der Waals surface area (Å²) in [6.45, 7) is 0. The first-order valence-corrected chi connectivity index (χ1v) is 23.0. The van der Waals surface area contributed by atoms with Gasteiger partial charge < -0.3 is 4.57 Å². The van der Waals surface area contributed by atoms with E-state index in [1.165, 1.54) is 0 Å². The Morgan fingerprint density at radius 1 is 0.359 bits per heavy atom. The van der Waals surface area contributed by atoms with Gasteiger partial charge >= 0.3 is 0 Å². The largest absolute Gasteiger partial charge is 0.309 e. The Labute approximate surface area is 370 Å². The topological polar surface area (TPSA) is 63.9 Å². The van der Waals surface area contributed by atoms with E-state index in [0.29, 0.717) is 17.0 Å². The van der Waals surface area contributed by atoms with Gasteiger partial charge in [0.15, 0.2) is 11.6 Å². The van der Waals surface area contributed by atoms with Gasteiger partial charge in [-0.05, 0) is 82.4 Å². The van der Waals surface area contributed by atoms with E-state index in [-0.39, 0.29) is 5.57 Å². The fourth-order valence-corrected chi connectivity index (χ4v) is 12.0. The van der Waals surface area contributed by atoms with Gasteiger partial charge in [0.25, 0.3) is 7.29 Å². The molecule has 0 spiro atoms. The third-order valence-electron chi connectivity index (χ3n) is 12.2. The number of para-hydroxylation sites is 2. The van der Waals surface area contributed by atoms with Crippen LogP contribution < -0.4 is 15.5 Å². The molecule has 0 bridgehead atoms. The minimum atomic E-state index is -3.95. The Balaban J connectivity index is 1.17. The van der Waals surface area contributed by atoms with Gasteiger partial charge in [-0.3, -0.25) is 9.24 Å². The molecular weight excluding hydrogens is 802 g/mol. The molecule has 7 heteroatoms. The number of rotatable bonds is 7. The fraction of sp³-hybridized carbons (Fsp3) is 0. The van der Waals surface area contributed by atoms with Crippen molar-refractivity contribution in [1.82, 2.24) is 19.5 Å². The number of nitrogens with zero attached hydrogens (tertiary/aromatic N) is 5. The predicted octanol–water partition coefficient (Wildman–Crippen LogP) is 13.7. The molecule has 6 nitrogen and oxygen atoms in total. The van der Waals surface area contributed by atoms with Crippen LogP contribution in [0.5, 0.6) is 0 Å². The van der Waals surface area contributed by atoms with Gasteiger partial charge in [0.1, 0.15) is 0 Å². The summed E-state index contributed by atoms with van der Waals surface area (Å²) in [4.78, 5) is 15.4. The lowest BCUT2D eigenvalue weighted by Gasteiger charge is -2.39. The van der Waals surface area contributed by atoms with Crippen LogP contribution in [-0.4, -0.2) is 19.5 Å². The van der Waals surface area contributed by atoms with E-state index >= 15 is 4.57 Å². The maximum absolute atomic E-state index is 17.2. The van der Waals surface area contributed by atoms with Crippen LogP contribution in [0.4, 0.5) is 11.4 Å². The van der Waals surface area contributed by atoms with Crippen LogP contribution >= 0.6 is 7.29 Å². The molecule has 0 N–H and O–H groups in total. The Morgan fingerprint density at radius 2 is 0.859 bits per heavy atom. The van der Waals surface area contributed by atoms with E-state index in [1.807, 2.05) is 114 Å². The fourth-order valence-electron chi connectivity index (χ4n) is 9.23. The summed E-state index contributed by atoms with van der Waals surface area (Å²) in [5.74, 6) is 0.915. The van der Waals surface area contributed by atoms with Crippen LogP contribution in [0.15, 0.2) is 231 Å². The molecule has 11 aromatic rings. The summed E-state index contributed by atoms with van der Waals surface area (Å²) in [6.07, 6.45) is 0. The Kier molecular flexibility index (Phi) is 8.99. The molecule has 0 fully saturated rings. The first kappa shape index (κ1) is 37.6. The number of benzene rings is 9. The highest BCUT2D eigenvalue weighted by atomic mass is 31.2.